The number of rotatable bonds is 6. The predicted octanol–water partition coefficient (Wildman–Crippen LogP) is 2.58. The first-order valence-corrected chi connectivity index (χ1v) is 7.20. The molecule has 0 aliphatic rings. The summed E-state index contributed by atoms with van der Waals surface area (Å²) < 4.78 is 5.16. The molecule has 1 atom stereocenters. The number of nitrogens with two attached hydrogens (primary N) is 1. The Bertz CT molecular complexity index is 523. The number of hydrogen-bond acceptors (Lipinski definition) is 4. The van der Waals surface area contributed by atoms with Gasteiger partial charge in [0.05, 0.1) is 0 Å². The van der Waals surface area contributed by atoms with E-state index >= 15 is 0 Å². The summed E-state index contributed by atoms with van der Waals surface area (Å²) in [6, 6.07) is 7.08. The highest BCUT2D eigenvalue weighted by Crippen LogP contribution is 2.17. The zero-order valence-electron chi connectivity index (χ0n) is 13.3. The molecule has 0 saturated heterocycles. The average molecular weight is 308 g/mol. The van der Waals surface area contributed by atoms with Gasteiger partial charge in [0.1, 0.15) is 5.60 Å². The van der Waals surface area contributed by atoms with Crippen LogP contribution in [0.5, 0.6) is 0 Å². The highest BCUT2D eigenvalue weighted by atomic mass is 16.6. The molecule has 6 heteroatoms. The molecule has 0 fully saturated rings. The van der Waals surface area contributed by atoms with E-state index in [2.05, 4.69) is 5.32 Å². The standard InChI is InChI=1S/C16H24N2O4/c1-16(2,3)22-15(21)18-10-11-5-4-6-12(9-11)13(17)7-8-14(19)20/h4-6,9,13H,7-8,10,17H2,1-3H3,(H,18,21)(H,19,20). The summed E-state index contributed by atoms with van der Waals surface area (Å²) in [4.78, 5) is 22.2. The van der Waals surface area contributed by atoms with Crippen LogP contribution in [0.25, 0.3) is 0 Å². The van der Waals surface area contributed by atoms with Gasteiger partial charge in [-0.05, 0) is 38.3 Å². The third kappa shape index (κ3) is 7.08. The maximum absolute atomic E-state index is 11.6. The summed E-state index contributed by atoms with van der Waals surface area (Å²) in [5, 5.41) is 11.4. The quantitative estimate of drug-likeness (QED) is 0.749. The van der Waals surface area contributed by atoms with Gasteiger partial charge in [0, 0.05) is 19.0 Å². The highest BCUT2D eigenvalue weighted by Gasteiger charge is 2.16. The number of aliphatic carboxylic acids is 1. The van der Waals surface area contributed by atoms with E-state index in [-0.39, 0.29) is 12.5 Å². The second-order valence-electron chi connectivity index (χ2n) is 6.14. The maximum Gasteiger partial charge on any atom is 0.407 e. The van der Waals surface area contributed by atoms with Gasteiger partial charge in [0.2, 0.25) is 0 Å². The van der Waals surface area contributed by atoms with Crippen molar-refractivity contribution in [2.45, 2.75) is 51.8 Å². The van der Waals surface area contributed by atoms with Crippen LogP contribution >= 0.6 is 0 Å². The Morgan fingerprint density at radius 3 is 2.64 bits per heavy atom. The number of benzene rings is 1. The first kappa shape index (κ1) is 18.0. The first-order valence-electron chi connectivity index (χ1n) is 7.20. The molecule has 0 aliphatic heterocycles. The van der Waals surface area contributed by atoms with Gasteiger partial charge in [0.25, 0.3) is 0 Å². The van der Waals surface area contributed by atoms with Crippen molar-refractivity contribution in [1.82, 2.24) is 5.32 Å². The van der Waals surface area contributed by atoms with Crippen LogP contribution in [-0.2, 0) is 16.1 Å². The number of amides is 1. The van der Waals surface area contributed by atoms with Crippen molar-refractivity contribution in [2.75, 3.05) is 0 Å². The van der Waals surface area contributed by atoms with E-state index in [4.69, 9.17) is 15.6 Å². The van der Waals surface area contributed by atoms with Crippen molar-refractivity contribution in [3.05, 3.63) is 35.4 Å². The average Bonchev–Trinajstić information content (AvgIpc) is 2.41. The van der Waals surface area contributed by atoms with Gasteiger partial charge in [-0.3, -0.25) is 4.79 Å². The van der Waals surface area contributed by atoms with E-state index in [9.17, 15) is 9.59 Å². The number of carbonyl (C=O) groups is 2. The fourth-order valence-electron chi connectivity index (χ4n) is 1.87. The minimum absolute atomic E-state index is 0.0293. The lowest BCUT2D eigenvalue weighted by Crippen LogP contribution is -2.32. The van der Waals surface area contributed by atoms with Crippen LogP contribution in [0.15, 0.2) is 24.3 Å². The van der Waals surface area contributed by atoms with Crippen LogP contribution in [0.3, 0.4) is 0 Å². The Morgan fingerprint density at radius 2 is 2.05 bits per heavy atom. The fourth-order valence-corrected chi connectivity index (χ4v) is 1.87. The molecule has 22 heavy (non-hydrogen) atoms. The number of carboxylic acids is 1. The van der Waals surface area contributed by atoms with Gasteiger partial charge in [0.15, 0.2) is 0 Å². The van der Waals surface area contributed by atoms with E-state index in [0.717, 1.165) is 11.1 Å². The molecule has 0 heterocycles. The molecule has 1 aromatic rings. The summed E-state index contributed by atoms with van der Waals surface area (Å²) in [7, 11) is 0. The number of hydrogen-bond donors (Lipinski definition) is 3. The van der Waals surface area contributed by atoms with Crippen molar-refractivity contribution in [3.63, 3.8) is 0 Å². The minimum Gasteiger partial charge on any atom is -0.481 e. The fraction of sp³-hybridized carbons (Fsp3) is 0.500. The third-order valence-corrected chi connectivity index (χ3v) is 2.88. The Labute approximate surface area is 130 Å². The van der Waals surface area contributed by atoms with Crippen molar-refractivity contribution in [1.29, 1.82) is 0 Å². The van der Waals surface area contributed by atoms with Crippen molar-refractivity contribution < 1.29 is 19.4 Å². The molecular weight excluding hydrogens is 284 g/mol. The second-order valence-corrected chi connectivity index (χ2v) is 6.14. The van der Waals surface area contributed by atoms with Crippen molar-refractivity contribution in [2.24, 2.45) is 5.73 Å². The number of alkyl carbamates (subject to hydrolysis) is 1. The van der Waals surface area contributed by atoms with Crippen LogP contribution in [0, 0.1) is 0 Å². The van der Waals surface area contributed by atoms with Gasteiger partial charge in [-0.15, -0.1) is 0 Å². The molecule has 1 amide bonds. The lowest BCUT2D eigenvalue weighted by atomic mass is 10.0. The number of ether oxygens (including phenoxy) is 1. The molecule has 1 rings (SSSR count). The third-order valence-electron chi connectivity index (χ3n) is 2.88. The predicted molar refractivity (Wildman–Crippen MR) is 83.3 cm³/mol. The van der Waals surface area contributed by atoms with Gasteiger partial charge in [-0.1, -0.05) is 24.3 Å². The largest absolute Gasteiger partial charge is 0.481 e. The highest BCUT2D eigenvalue weighted by molar-refractivity contribution is 5.67. The lowest BCUT2D eigenvalue weighted by molar-refractivity contribution is -0.137. The molecule has 0 aliphatic carbocycles. The molecule has 0 spiro atoms. The van der Waals surface area contributed by atoms with Crippen LogP contribution < -0.4 is 11.1 Å². The van der Waals surface area contributed by atoms with Gasteiger partial charge in [-0.25, -0.2) is 4.79 Å². The van der Waals surface area contributed by atoms with Crippen LogP contribution in [-0.4, -0.2) is 22.8 Å². The van der Waals surface area contributed by atoms with E-state index in [1.54, 1.807) is 20.8 Å². The van der Waals surface area contributed by atoms with Crippen LogP contribution in [0.4, 0.5) is 4.79 Å². The zero-order valence-corrected chi connectivity index (χ0v) is 13.3. The molecule has 0 aromatic heterocycles. The Balaban J connectivity index is 2.57. The van der Waals surface area contributed by atoms with Gasteiger partial charge >= 0.3 is 12.1 Å². The van der Waals surface area contributed by atoms with Crippen LogP contribution in [0.1, 0.15) is 50.8 Å². The number of carbonyl (C=O) groups excluding carboxylic acids is 1. The molecule has 122 valence electrons. The summed E-state index contributed by atoms with van der Waals surface area (Å²) >= 11 is 0. The summed E-state index contributed by atoms with van der Waals surface area (Å²) in [6.07, 6.45) is -0.0760. The molecule has 1 unspecified atom stereocenters. The molecule has 4 N–H and O–H groups in total. The lowest BCUT2D eigenvalue weighted by Gasteiger charge is -2.20. The number of nitrogens with one attached hydrogen (secondary N) is 1. The topological polar surface area (TPSA) is 102 Å². The smallest absolute Gasteiger partial charge is 0.407 e. The summed E-state index contributed by atoms with van der Waals surface area (Å²) in [5.74, 6) is -0.863. The Kier molecular flexibility index (Phi) is 6.37. The van der Waals surface area contributed by atoms with Crippen molar-refractivity contribution >= 4 is 12.1 Å². The molecule has 0 bridgehead atoms. The summed E-state index contributed by atoms with van der Waals surface area (Å²) in [6.45, 7) is 5.73. The zero-order chi connectivity index (χ0) is 16.8. The van der Waals surface area contributed by atoms with Crippen molar-refractivity contribution in [3.8, 4) is 0 Å². The SMILES string of the molecule is CC(C)(C)OC(=O)NCc1cccc(C(N)CCC(=O)O)c1. The molecule has 6 nitrogen and oxygen atoms in total. The Hall–Kier alpha value is -2.08. The molecular formula is C16H24N2O4. The van der Waals surface area contributed by atoms with E-state index in [0.29, 0.717) is 13.0 Å². The van der Waals surface area contributed by atoms with E-state index < -0.39 is 17.7 Å². The minimum atomic E-state index is -0.863. The molecule has 1 aromatic carbocycles. The van der Waals surface area contributed by atoms with Gasteiger partial charge < -0.3 is 20.9 Å². The molecule has 0 saturated carbocycles. The Morgan fingerprint density at radius 1 is 1.36 bits per heavy atom. The molecule has 0 radical (unpaired) electrons. The summed E-state index contributed by atoms with van der Waals surface area (Å²) in [5.41, 5.74) is 7.17. The monoisotopic (exact) mass is 308 g/mol. The van der Waals surface area contributed by atoms with Crippen LogP contribution in [0.2, 0.25) is 0 Å². The first-order chi connectivity index (χ1) is 10.2. The second kappa shape index (κ2) is 7.79. The normalized spacial score (nSPS) is 12.5. The van der Waals surface area contributed by atoms with E-state index in [1.807, 2.05) is 24.3 Å². The van der Waals surface area contributed by atoms with E-state index in [1.165, 1.54) is 0 Å². The number of carboxylic acid groups (broad SMARTS) is 1. The maximum atomic E-state index is 11.6. The van der Waals surface area contributed by atoms with Gasteiger partial charge in [-0.2, -0.15) is 0 Å².